The minimum atomic E-state index is -0.539. The molecule has 0 atom stereocenters. The summed E-state index contributed by atoms with van der Waals surface area (Å²) in [5, 5.41) is 10.2. The second kappa shape index (κ2) is 2.90. The monoisotopic (exact) mass is 115 g/mol. The summed E-state index contributed by atoms with van der Waals surface area (Å²) in [6.07, 6.45) is 0.197. The van der Waals surface area contributed by atoms with Gasteiger partial charge in [0.1, 0.15) is 0 Å². The standard InChI is InChI=1S/C4H5NO3/c1-3(7)4(2-6)5-8/h2,8H,1H3. The summed E-state index contributed by atoms with van der Waals surface area (Å²) >= 11 is 0. The molecule has 0 aromatic heterocycles. The molecule has 0 aliphatic carbocycles. The summed E-state index contributed by atoms with van der Waals surface area (Å²) in [7, 11) is 0. The number of hydrogen-bond acceptors (Lipinski definition) is 4. The highest BCUT2D eigenvalue weighted by molar-refractivity contribution is 6.59. The summed E-state index contributed by atoms with van der Waals surface area (Å²) in [5.74, 6) is -0.539. The lowest BCUT2D eigenvalue weighted by Crippen LogP contribution is -2.10. The Hall–Kier alpha value is -1.19. The molecule has 4 nitrogen and oxygen atoms in total. The van der Waals surface area contributed by atoms with Crippen molar-refractivity contribution in [3.63, 3.8) is 0 Å². The van der Waals surface area contributed by atoms with Crippen molar-refractivity contribution in [3.8, 4) is 0 Å². The molecule has 0 aliphatic heterocycles. The lowest BCUT2D eigenvalue weighted by atomic mass is 10.3. The number of aldehydes is 1. The van der Waals surface area contributed by atoms with E-state index in [0.29, 0.717) is 0 Å². The molecule has 0 fully saturated rings. The average molecular weight is 115 g/mol. The molecule has 1 N–H and O–H groups in total. The molecule has 0 saturated heterocycles. The molecule has 4 heteroatoms. The van der Waals surface area contributed by atoms with E-state index in [9.17, 15) is 9.59 Å². The Morgan fingerprint density at radius 3 is 2.25 bits per heavy atom. The first-order chi connectivity index (χ1) is 3.72. The molecule has 0 spiro atoms. The highest BCUT2D eigenvalue weighted by Crippen LogP contribution is 1.72. The van der Waals surface area contributed by atoms with E-state index in [1.165, 1.54) is 0 Å². The van der Waals surface area contributed by atoms with Gasteiger partial charge in [0.15, 0.2) is 17.8 Å². The zero-order valence-corrected chi connectivity index (χ0v) is 4.29. The van der Waals surface area contributed by atoms with E-state index in [2.05, 4.69) is 5.16 Å². The number of Topliss-reactive ketones (excluding diaryl/α,β-unsaturated/α-hetero) is 1. The molecule has 44 valence electrons. The van der Waals surface area contributed by atoms with Gasteiger partial charge in [-0.1, -0.05) is 5.16 Å². The molecular formula is C4H5NO3. The van der Waals surface area contributed by atoms with Crippen molar-refractivity contribution in [2.24, 2.45) is 5.16 Å². The smallest absolute Gasteiger partial charge is 0.184 e. The molecule has 0 rings (SSSR count). The van der Waals surface area contributed by atoms with Crippen LogP contribution in [-0.2, 0) is 9.59 Å². The first-order valence-electron chi connectivity index (χ1n) is 1.90. The lowest BCUT2D eigenvalue weighted by molar-refractivity contribution is -0.112. The molecular weight excluding hydrogens is 110 g/mol. The third-order valence-corrected chi connectivity index (χ3v) is 0.580. The molecule has 0 saturated carbocycles. The van der Waals surface area contributed by atoms with Gasteiger partial charge in [-0.15, -0.1) is 0 Å². The highest BCUT2D eigenvalue weighted by atomic mass is 16.4. The molecule has 0 aromatic rings. The molecule has 0 aliphatic rings. The fourth-order valence-corrected chi connectivity index (χ4v) is 0.177. The molecule has 0 heterocycles. The average Bonchev–Trinajstić information content (AvgIpc) is 1.69. The van der Waals surface area contributed by atoms with Crippen molar-refractivity contribution in [1.29, 1.82) is 0 Å². The van der Waals surface area contributed by atoms with Crippen LogP contribution in [0.2, 0.25) is 0 Å². The highest BCUT2D eigenvalue weighted by Gasteiger charge is 2.01. The minimum Gasteiger partial charge on any atom is -0.410 e. The van der Waals surface area contributed by atoms with Gasteiger partial charge in [0, 0.05) is 6.92 Å². The van der Waals surface area contributed by atoms with Crippen molar-refractivity contribution in [1.82, 2.24) is 0 Å². The van der Waals surface area contributed by atoms with Crippen molar-refractivity contribution in [2.45, 2.75) is 6.92 Å². The number of oxime groups is 1. The van der Waals surface area contributed by atoms with Crippen LogP contribution in [0, 0.1) is 0 Å². The quantitative estimate of drug-likeness (QED) is 0.175. The van der Waals surface area contributed by atoms with Gasteiger partial charge >= 0.3 is 0 Å². The molecule has 0 bridgehead atoms. The van der Waals surface area contributed by atoms with Crippen molar-refractivity contribution in [2.75, 3.05) is 0 Å². The van der Waals surface area contributed by atoms with Crippen molar-refractivity contribution < 1.29 is 14.8 Å². The minimum absolute atomic E-state index is 0.197. The zero-order chi connectivity index (χ0) is 6.57. The number of nitrogens with zero attached hydrogens (tertiary/aromatic N) is 1. The summed E-state index contributed by atoms with van der Waals surface area (Å²) < 4.78 is 0. The van der Waals surface area contributed by atoms with E-state index in [1.54, 1.807) is 0 Å². The van der Waals surface area contributed by atoms with Gasteiger partial charge in [-0.05, 0) is 0 Å². The first kappa shape index (κ1) is 6.81. The first-order valence-corrected chi connectivity index (χ1v) is 1.90. The molecule has 0 radical (unpaired) electrons. The second-order valence-electron chi connectivity index (χ2n) is 1.16. The number of rotatable bonds is 2. The molecule has 0 unspecified atom stereocenters. The van der Waals surface area contributed by atoms with Crippen LogP contribution in [0.4, 0.5) is 0 Å². The second-order valence-corrected chi connectivity index (χ2v) is 1.16. The maximum absolute atomic E-state index is 10.1. The van der Waals surface area contributed by atoms with Gasteiger partial charge in [-0.3, -0.25) is 9.59 Å². The zero-order valence-electron chi connectivity index (χ0n) is 4.29. The van der Waals surface area contributed by atoms with Crippen LogP contribution in [0.15, 0.2) is 5.16 Å². The molecule has 0 amide bonds. The Balaban J connectivity index is 4.13. The summed E-state index contributed by atoms with van der Waals surface area (Å²) in [6.45, 7) is 1.14. The fraction of sp³-hybridized carbons (Fsp3) is 0.250. The topological polar surface area (TPSA) is 66.7 Å². The summed E-state index contributed by atoms with van der Waals surface area (Å²) in [5.41, 5.74) is -0.454. The van der Waals surface area contributed by atoms with E-state index in [-0.39, 0.29) is 6.29 Å². The van der Waals surface area contributed by atoms with Gasteiger partial charge in [0.2, 0.25) is 0 Å². The Labute approximate surface area is 45.8 Å². The van der Waals surface area contributed by atoms with Crippen LogP contribution in [-0.4, -0.2) is 23.0 Å². The van der Waals surface area contributed by atoms with Gasteiger partial charge in [-0.25, -0.2) is 0 Å². The van der Waals surface area contributed by atoms with Crippen LogP contribution in [0.1, 0.15) is 6.92 Å². The Kier molecular flexibility index (Phi) is 2.47. The van der Waals surface area contributed by atoms with E-state index < -0.39 is 11.5 Å². The largest absolute Gasteiger partial charge is 0.410 e. The summed E-state index contributed by atoms with van der Waals surface area (Å²) in [4.78, 5) is 19.7. The third kappa shape index (κ3) is 1.51. The van der Waals surface area contributed by atoms with E-state index >= 15 is 0 Å². The Morgan fingerprint density at radius 1 is 1.75 bits per heavy atom. The summed E-state index contributed by atoms with van der Waals surface area (Å²) in [6, 6.07) is 0. The molecule has 0 aromatic carbocycles. The van der Waals surface area contributed by atoms with E-state index in [4.69, 9.17) is 5.21 Å². The SMILES string of the molecule is CC(=O)C(C=O)=NO. The number of ketones is 1. The number of hydrogen-bond donors (Lipinski definition) is 1. The molecule has 8 heavy (non-hydrogen) atoms. The van der Waals surface area contributed by atoms with Crippen LogP contribution in [0.25, 0.3) is 0 Å². The van der Waals surface area contributed by atoms with Crippen LogP contribution < -0.4 is 0 Å². The number of carbonyl (C=O) groups excluding carboxylic acids is 2. The van der Waals surface area contributed by atoms with Crippen molar-refractivity contribution >= 4 is 17.8 Å². The fourth-order valence-electron chi connectivity index (χ4n) is 0.177. The van der Waals surface area contributed by atoms with Gasteiger partial charge in [0.25, 0.3) is 0 Å². The van der Waals surface area contributed by atoms with E-state index in [1.807, 2.05) is 0 Å². The predicted octanol–water partition coefficient (Wildman–Crippen LogP) is -0.396. The maximum Gasteiger partial charge on any atom is 0.184 e. The van der Waals surface area contributed by atoms with Gasteiger partial charge < -0.3 is 5.21 Å². The third-order valence-electron chi connectivity index (χ3n) is 0.580. The Morgan fingerprint density at radius 2 is 2.25 bits per heavy atom. The normalized spacial score (nSPS) is 10.9. The van der Waals surface area contributed by atoms with Crippen molar-refractivity contribution in [3.05, 3.63) is 0 Å². The number of carbonyl (C=O) groups is 2. The van der Waals surface area contributed by atoms with Crippen LogP contribution in [0.3, 0.4) is 0 Å². The van der Waals surface area contributed by atoms with Crippen LogP contribution in [0.5, 0.6) is 0 Å². The van der Waals surface area contributed by atoms with E-state index in [0.717, 1.165) is 6.92 Å². The Bertz CT molecular complexity index is 138. The lowest BCUT2D eigenvalue weighted by Gasteiger charge is -1.81. The van der Waals surface area contributed by atoms with Crippen LogP contribution >= 0.6 is 0 Å². The maximum atomic E-state index is 10.1. The van der Waals surface area contributed by atoms with Gasteiger partial charge in [0.05, 0.1) is 0 Å². The predicted molar refractivity (Wildman–Crippen MR) is 26.0 cm³/mol. The van der Waals surface area contributed by atoms with Gasteiger partial charge in [-0.2, -0.15) is 0 Å².